The second-order valence-corrected chi connectivity index (χ2v) is 15.0. The van der Waals surface area contributed by atoms with Crippen molar-refractivity contribution in [1.82, 2.24) is 0 Å². The van der Waals surface area contributed by atoms with Gasteiger partial charge in [0, 0.05) is 6.92 Å². The predicted molar refractivity (Wildman–Crippen MR) is 122 cm³/mol. The molecule has 1 aliphatic rings. The van der Waals surface area contributed by atoms with Crippen LogP contribution in [0.2, 0.25) is 18.1 Å². The van der Waals surface area contributed by atoms with Gasteiger partial charge in [-0.1, -0.05) is 61.6 Å². The zero-order chi connectivity index (χ0) is 22.0. The number of benzene rings is 1. The minimum Gasteiger partial charge on any atom is -0.453 e. The molecule has 5 atom stereocenters. The molecule has 5 unspecified atom stereocenters. The molecule has 0 amide bonds. The highest BCUT2D eigenvalue weighted by Gasteiger charge is 2.51. The molecule has 0 saturated carbocycles. The van der Waals surface area contributed by atoms with Gasteiger partial charge in [-0.05, 0) is 37.2 Å². The molecule has 1 fully saturated rings. The summed E-state index contributed by atoms with van der Waals surface area (Å²) in [5.74, 6) is -0.848. The molecule has 8 heteroatoms. The van der Waals surface area contributed by atoms with Gasteiger partial charge >= 0.3 is 11.9 Å². The molecule has 6 nitrogen and oxygen atoms in total. The first-order valence-corrected chi connectivity index (χ1v) is 13.9. The van der Waals surface area contributed by atoms with Gasteiger partial charge in [-0.25, -0.2) is 4.79 Å². The van der Waals surface area contributed by atoms with E-state index in [1.54, 1.807) is 24.3 Å². The lowest BCUT2D eigenvalue weighted by Gasteiger charge is -2.47. The van der Waals surface area contributed by atoms with E-state index in [-0.39, 0.29) is 8.96 Å². The standard InChI is InChI=1S/C21H31IO6Si/c1-13-17(27-19(24)15-11-9-8-10-12-15)18(28-29(6,7)21(3,4)5)16(22)20(25-13)26-14(2)23/h8-13,16-18,20H,1-7H3. The summed E-state index contributed by atoms with van der Waals surface area (Å²) >= 11 is 2.17. The van der Waals surface area contributed by atoms with Crippen molar-refractivity contribution in [2.75, 3.05) is 0 Å². The fourth-order valence-corrected chi connectivity index (χ4v) is 5.27. The molecular formula is C21H31IO6Si. The third-order valence-electron chi connectivity index (χ3n) is 5.48. The number of hydrogen-bond donors (Lipinski definition) is 0. The summed E-state index contributed by atoms with van der Waals surface area (Å²) in [5.41, 5.74) is 0.470. The van der Waals surface area contributed by atoms with E-state index in [1.165, 1.54) is 6.92 Å². The van der Waals surface area contributed by atoms with Crippen LogP contribution in [0.25, 0.3) is 0 Å². The highest BCUT2D eigenvalue weighted by atomic mass is 127. The SMILES string of the molecule is CC(=O)OC1OC(C)C(OC(=O)c2ccccc2)C(O[Si](C)(C)C(C)(C)C)C1I. The Labute approximate surface area is 187 Å². The van der Waals surface area contributed by atoms with Crippen molar-refractivity contribution in [3.05, 3.63) is 35.9 Å². The third-order valence-corrected chi connectivity index (χ3v) is 11.3. The largest absolute Gasteiger partial charge is 0.453 e. The molecule has 0 aliphatic carbocycles. The molecule has 1 aromatic rings. The fourth-order valence-electron chi connectivity index (χ4n) is 2.80. The molecule has 0 bridgehead atoms. The van der Waals surface area contributed by atoms with Gasteiger partial charge in [0.15, 0.2) is 14.4 Å². The van der Waals surface area contributed by atoms with Crippen LogP contribution in [0.3, 0.4) is 0 Å². The zero-order valence-electron chi connectivity index (χ0n) is 18.1. The molecule has 0 N–H and O–H groups in total. The number of esters is 2. The maximum Gasteiger partial charge on any atom is 0.338 e. The van der Waals surface area contributed by atoms with E-state index in [0.717, 1.165) is 0 Å². The van der Waals surface area contributed by atoms with E-state index in [2.05, 4.69) is 56.5 Å². The summed E-state index contributed by atoms with van der Waals surface area (Å²) in [7, 11) is -2.20. The van der Waals surface area contributed by atoms with Gasteiger partial charge < -0.3 is 18.6 Å². The van der Waals surface area contributed by atoms with E-state index in [1.807, 2.05) is 13.0 Å². The number of hydrogen-bond acceptors (Lipinski definition) is 6. The van der Waals surface area contributed by atoms with Crippen LogP contribution in [-0.4, -0.2) is 48.8 Å². The Balaban J connectivity index is 2.32. The van der Waals surface area contributed by atoms with Crippen LogP contribution < -0.4 is 0 Å². The normalized spacial score (nSPS) is 27.9. The number of carbonyl (C=O) groups is 2. The minimum atomic E-state index is -2.20. The second kappa shape index (κ2) is 9.45. The van der Waals surface area contributed by atoms with Gasteiger partial charge in [0.05, 0.1) is 11.7 Å². The Kier molecular flexibility index (Phi) is 7.91. The van der Waals surface area contributed by atoms with Gasteiger partial charge in [-0.3, -0.25) is 4.79 Å². The number of carbonyl (C=O) groups excluding carboxylic acids is 2. The topological polar surface area (TPSA) is 71.1 Å². The summed E-state index contributed by atoms with van der Waals surface area (Å²) in [6.07, 6.45) is -2.33. The molecule has 162 valence electrons. The molecule has 1 aliphatic heterocycles. The molecule has 0 aromatic heterocycles. The maximum absolute atomic E-state index is 12.7. The van der Waals surface area contributed by atoms with Gasteiger partial charge in [-0.15, -0.1) is 0 Å². The molecule has 1 aromatic carbocycles. The van der Waals surface area contributed by atoms with E-state index < -0.39 is 44.9 Å². The average molecular weight is 534 g/mol. The highest BCUT2D eigenvalue weighted by molar-refractivity contribution is 14.1. The zero-order valence-corrected chi connectivity index (χ0v) is 21.3. The molecule has 1 heterocycles. The van der Waals surface area contributed by atoms with Crippen LogP contribution in [-0.2, 0) is 23.4 Å². The number of ether oxygens (including phenoxy) is 3. The summed E-state index contributed by atoms with van der Waals surface area (Å²) in [6.45, 7) is 13.9. The molecule has 0 radical (unpaired) electrons. The number of rotatable bonds is 5. The van der Waals surface area contributed by atoms with Crippen LogP contribution in [0, 0.1) is 0 Å². The summed E-state index contributed by atoms with van der Waals surface area (Å²) in [5, 5.41) is -0.0319. The van der Waals surface area contributed by atoms with Crippen molar-refractivity contribution in [3.8, 4) is 0 Å². The van der Waals surface area contributed by atoms with Gasteiger partial charge in [0.1, 0.15) is 10.0 Å². The first-order chi connectivity index (χ1) is 13.3. The molecule has 2 rings (SSSR count). The van der Waals surface area contributed by atoms with Crippen LogP contribution in [0.5, 0.6) is 0 Å². The van der Waals surface area contributed by atoms with Crippen molar-refractivity contribution in [2.45, 2.75) is 81.3 Å². The van der Waals surface area contributed by atoms with Crippen molar-refractivity contribution >= 4 is 42.8 Å². The third kappa shape index (κ3) is 6.02. The van der Waals surface area contributed by atoms with Crippen LogP contribution >= 0.6 is 22.6 Å². The monoisotopic (exact) mass is 534 g/mol. The van der Waals surface area contributed by atoms with Crippen molar-refractivity contribution < 1.29 is 28.2 Å². The lowest BCUT2D eigenvalue weighted by molar-refractivity contribution is -0.231. The van der Waals surface area contributed by atoms with Crippen molar-refractivity contribution in [3.63, 3.8) is 0 Å². The molecule has 0 spiro atoms. The first-order valence-electron chi connectivity index (χ1n) is 9.74. The minimum absolute atomic E-state index is 0.0319. The van der Waals surface area contributed by atoms with Gasteiger partial charge in [-0.2, -0.15) is 0 Å². The van der Waals surface area contributed by atoms with Crippen LogP contribution in [0.15, 0.2) is 30.3 Å². The Morgan fingerprint density at radius 3 is 2.17 bits per heavy atom. The van der Waals surface area contributed by atoms with E-state index in [4.69, 9.17) is 18.6 Å². The number of alkyl halides is 1. The summed E-state index contributed by atoms with van der Waals surface area (Å²) in [6, 6.07) is 8.85. The van der Waals surface area contributed by atoms with Crippen LogP contribution in [0.4, 0.5) is 0 Å². The predicted octanol–water partition coefficient (Wildman–Crippen LogP) is 4.71. The molecule has 29 heavy (non-hydrogen) atoms. The highest BCUT2D eigenvalue weighted by Crippen LogP contribution is 2.41. The lowest BCUT2D eigenvalue weighted by Crippen LogP contribution is -2.61. The maximum atomic E-state index is 12.7. The van der Waals surface area contributed by atoms with Crippen LogP contribution in [0.1, 0.15) is 45.0 Å². The van der Waals surface area contributed by atoms with E-state index in [9.17, 15) is 9.59 Å². The molecule has 1 saturated heterocycles. The van der Waals surface area contributed by atoms with Gasteiger partial charge in [0.25, 0.3) is 0 Å². The summed E-state index contributed by atoms with van der Waals surface area (Å²) in [4.78, 5) is 24.3. The Bertz CT molecular complexity index is 718. The van der Waals surface area contributed by atoms with E-state index in [0.29, 0.717) is 5.56 Å². The smallest absolute Gasteiger partial charge is 0.338 e. The average Bonchev–Trinajstić information content (AvgIpc) is 2.61. The quantitative estimate of drug-likeness (QED) is 0.236. The van der Waals surface area contributed by atoms with Crippen molar-refractivity contribution in [1.29, 1.82) is 0 Å². The Hall–Kier alpha value is -0.973. The fraction of sp³-hybridized carbons (Fsp3) is 0.619. The second-order valence-electron chi connectivity index (χ2n) is 8.84. The lowest BCUT2D eigenvalue weighted by atomic mass is 10.0. The van der Waals surface area contributed by atoms with Crippen molar-refractivity contribution in [2.24, 2.45) is 0 Å². The summed E-state index contributed by atoms with van der Waals surface area (Å²) < 4.78 is 23.5. The Morgan fingerprint density at radius 1 is 1.07 bits per heavy atom. The first kappa shape index (κ1) is 24.3. The Morgan fingerprint density at radius 2 is 1.66 bits per heavy atom. The van der Waals surface area contributed by atoms with Gasteiger partial charge in [0.2, 0.25) is 6.29 Å². The van der Waals surface area contributed by atoms with E-state index >= 15 is 0 Å². The number of halogens is 1. The molecular weight excluding hydrogens is 503 g/mol.